The second kappa shape index (κ2) is 11.5. The van der Waals surface area contributed by atoms with Crippen LogP contribution in [-0.4, -0.2) is 22.4 Å². The average molecular weight is 605 g/mol. The highest BCUT2D eigenvalue weighted by Gasteiger charge is 2.38. The van der Waals surface area contributed by atoms with Crippen molar-refractivity contribution in [2.75, 3.05) is 5.32 Å². The molecule has 0 bridgehead atoms. The van der Waals surface area contributed by atoms with Gasteiger partial charge in [0.2, 0.25) is 0 Å². The van der Waals surface area contributed by atoms with Crippen LogP contribution in [0.5, 0.6) is 0 Å². The smallest absolute Gasteiger partial charge is 0.269 e. The molecule has 2 heterocycles. The van der Waals surface area contributed by atoms with Gasteiger partial charge in [0.15, 0.2) is 5.65 Å². The lowest BCUT2D eigenvalue weighted by atomic mass is 9.77. The number of hydrogen-bond acceptors (Lipinski definition) is 5. The predicted molar refractivity (Wildman–Crippen MR) is 173 cm³/mol. The van der Waals surface area contributed by atoms with Crippen LogP contribution in [0.4, 0.5) is 5.69 Å². The molecular formula is C35H29ClN4O2S. The number of halogens is 1. The number of aromatic nitrogens is 3. The maximum Gasteiger partial charge on any atom is 0.269 e. The van der Waals surface area contributed by atoms with E-state index in [0.717, 1.165) is 22.3 Å². The van der Waals surface area contributed by atoms with Crippen molar-refractivity contribution in [3.05, 3.63) is 167 Å². The molecule has 4 aromatic carbocycles. The zero-order valence-electron chi connectivity index (χ0n) is 23.5. The summed E-state index contributed by atoms with van der Waals surface area (Å²) in [6.45, 7) is 5.70. The van der Waals surface area contributed by atoms with E-state index in [1.54, 1.807) is 36.5 Å². The number of benzene rings is 4. The van der Waals surface area contributed by atoms with Gasteiger partial charge >= 0.3 is 0 Å². The number of nitrogens with one attached hydrogen (secondary N) is 1. The van der Waals surface area contributed by atoms with Crippen LogP contribution >= 0.6 is 11.6 Å². The lowest BCUT2D eigenvalue weighted by Gasteiger charge is -2.37. The Morgan fingerprint density at radius 1 is 0.814 bits per heavy atom. The lowest BCUT2D eigenvalue weighted by Crippen LogP contribution is -2.38. The van der Waals surface area contributed by atoms with Gasteiger partial charge in [0.05, 0.1) is 16.0 Å². The van der Waals surface area contributed by atoms with Crippen molar-refractivity contribution in [2.24, 2.45) is 0 Å². The first-order valence-electron chi connectivity index (χ1n) is 13.8. The molecule has 0 spiro atoms. The van der Waals surface area contributed by atoms with Gasteiger partial charge in [0.25, 0.3) is 10.0 Å². The van der Waals surface area contributed by atoms with Gasteiger partial charge in [0, 0.05) is 12.6 Å². The number of aryl methyl sites for hydroxylation is 1. The second-order valence-electron chi connectivity index (χ2n) is 10.3. The lowest BCUT2D eigenvalue weighted by molar-refractivity contribution is 0.588. The third kappa shape index (κ3) is 5.11. The van der Waals surface area contributed by atoms with Gasteiger partial charge in [-0.1, -0.05) is 126 Å². The van der Waals surface area contributed by atoms with E-state index in [9.17, 15) is 8.42 Å². The number of fused-ring (bicyclic) bond motifs is 1. The summed E-state index contributed by atoms with van der Waals surface area (Å²) in [6.07, 6.45) is 3.54. The minimum Gasteiger partial charge on any atom is -0.366 e. The average Bonchev–Trinajstić information content (AvgIpc) is 3.41. The highest BCUT2D eigenvalue weighted by Crippen LogP contribution is 2.43. The Bertz CT molecular complexity index is 1910. The maximum absolute atomic E-state index is 14.1. The van der Waals surface area contributed by atoms with Crippen LogP contribution in [0, 0.1) is 6.92 Å². The molecule has 0 atom stereocenters. The third-order valence-corrected chi connectivity index (χ3v) is 9.40. The fourth-order valence-electron chi connectivity index (χ4n) is 5.40. The van der Waals surface area contributed by atoms with Crippen molar-refractivity contribution in [1.29, 1.82) is 0 Å². The molecule has 0 aliphatic rings. The molecule has 8 heteroatoms. The Labute approximate surface area is 256 Å². The van der Waals surface area contributed by atoms with Crippen LogP contribution in [0.15, 0.2) is 139 Å². The number of allylic oxidation sites excluding steroid dienone is 1. The molecule has 0 fully saturated rings. The summed E-state index contributed by atoms with van der Waals surface area (Å²) in [4.78, 5) is 9.34. The molecule has 2 aromatic heterocycles. The molecule has 43 heavy (non-hydrogen) atoms. The standard InChI is InChI=1S/C35H29ClN4O2S/c1-3-13-31-37-33(36)32-30(24-40(34(32)38-31)43(41,42)29-22-20-25(2)21-23-29)39-35(26-14-7-4-8-15-26,27-16-9-5-10-17-27)28-18-11-6-12-19-28/h3-12,14-24,39H,1,13H2,2H3. The molecule has 0 saturated heterocycles. The van der Waals surface area contributed by atoms with Gasteiger partial charge < -0.3 is 5.32 Å². The molecule has 0 aliphatic heterocycles. The van der Waals surface area contributed by atoms with E-state index in [-0.39, 0.29) is 15.7 Å². The Balaban J connectivity index is 1.67. The molecule has 0 amide bonds. The molecule has 0 saturated carbocycles. The fraction of sp³-hybridized carbons (Fsp3) is 0.0857. The van der Waals surface area contributed by atoms with Gasteiger partial charge in [-0.3, -0.25) is 0 Å². The summed E-state index contributed by atoms with van der Waals surface area (Å²) in [5.41, 5.74) is 3.54. The summed E-state index contributed by atoms with van der Waals surface area (Å²) in [5.74, 6) is 0.373. The van der Waals surface area contributed by atoms with Crippen molar-refractivity contribution in [3.8, 4) is 0 Å². The van der Waals surface area contributed by atoms with E-state index in [2.05, 4.69) is 58.3 Å². The highest BCUT2D eigenvalue weighted by atomic mass is 35.5. The van der Waals surface area contributed by atoms with Gasteiger partial charge in [-0.05, 0) is 35.7 Å². The SMILES string of the molecule is C=CCc1nc(Cl)c2c(NC(c3ccccc3)(c3ccccc3)c3ccccc3)cn(S(=O)(=O)c3ccc(C)cc3)c2n1. The number of hydrogen-bond donors (Lipinski definition) is 1. The minimum absolute atomic E-state index is 0.141. The van der Waals surface area contributed by atoms with Crippen LogP contribution in [0.1, 0.15) is 28.1 Å². The highest BCUT2D eigenvalue weighted by molar-refractivity contribution is 7.90. The fourth-order valence-corrected chi connectivity index (χ4v) is 7.00. The molecule has 1 N–H and O–H groups in total. The van der Waals surface area contributed by atoms with E-state index in [0.29, 0.717) is 23.3 Å². The minimum atomic E-state index is -4.06. The van der Waals surface area contributed by atoms with Crippen molar-refractivity contribution in [1.82, 2.24) is 13.9 Å². The Morgan fingerprint density at radius 3 is 1.81 bits per heavy atom. The van der Waals surface area contributed by atoms with Crippen molar-refractivity contribution in [2.45, 2.75) is 23.8 Å². The third-order valence-electron chi connectivity index (χ3n) is 7.46. The number of nitrogens with zero attached hydrogens (tertiary/aromatic N) is 3. The summed E-state index contributed by atoms with van der Waals surface area (Å²) >= 11 is 6.87. The number of rotatable bonds is 9. The monoisotopic (exact) mass is 604 g/mol. The van der Waals surface area contributed by atoms with Crippen LogP contribution in [0.25, 0.3) is 11.0 Å². The Hall–Kier alpha value is -4.72. The quantitative estimate of drug-likeness (QED) is 0.104. The van der Waals surface area contributed by atoms with Crippen LogP contribution in [-0.2, 0) is 22.0 Å². The first-order valence-corrected chi connectivity index (χ1v) is 15.6. The maximum atomic E-state index is 14.1. The van der Waals surface area contributed by atoms with Gasteiger partial charge in [-0.25, -0.2) is 22.4 Å². The summed E-state index contributed by atoms with van der Waals surface area (Å²) in [5, 5.41) is 4.30. The van der Waals surface area contributed by atoms with E-state index < -0.39 is 15.6 Å². The van der Waals surface area contributed by atoms with Crippen LogP contribution in [0.3, 0.4) is 0 Å². The van der Waals surface area contributed by atoms with E-state index in [4.69, 9.17) is 11.6 Å². The zero-order valence-corrected chi connectivity index (χ0v) is 25.1. The molecule has 6 rings (SSSR count). The molecular weight excluding hydrogens is 576 g/mol. The summed E-state index contributed by atoms with van der Waals surface area (Å²) in [6, 6.07) is 36.9. The summed E-state index contributed by atoms with van der Waals surface area (Å²) in [7, 11) is -4.06. The molecule has 214 valence electrons. The summed E-state index contributed by atoms with van der Waals surface area (Å²) < 4.78 is 29.5. The van der Waals surface area contributed by atoms with Crippen molar-refractivity contribution in [3.63, 3.8) is 0 Å². The molecule has 6 aromatic rings. The molecule has 0 unspecified atom stereocenters. The van der Waals surface area contributed by atoms with E-state index in [1.807, 2.05) is 61.5 Å². The van der Waals surface area contributed by atoms with Gasteiger partial charge in [-0.15, -0.1) is 6.58 Å². The van der Waals surface area contributed by atoms with Crippen LogP contribution in [0.2, 0.25) is 5.15 Å². The zero-order chi connectivity index (χ0) is 30.0. The van der Waals surface area contributed by atoms with E-state index in [1.165, 1.54) is 3.97 Å². The molecule has 0 radical (unpaired) electrons. The van der Waals surface area contributed by atoms with Crippen molar-refractivity contribution >= 4 is 38.3 Å². The molecule has 0 aliphatic carbocycles. The van der Waals surface area contributed by atoms with Crippen LogP contribution < -0.4 is 5.32 Å². The topological polar surface area (TPSA) is 76.9 Å². The first kappa shape index (κ1) is 28.4. The first-order chi connectivity index (χ1) is 20.8. The largest absolute Gasteiger partial charge is 0.366 e. The number of anilines is 1. The van der Waals surface area contributed by atoms with Gasteiger partial charge in [-0.2, -0.15) is 0 Å². The van der Waals surface area contributed by atoms with Crippen molar-refractivity contribution < 1.29 is 8.42 Å². The van der Waals surface area contributed by atoms with Gasteiger partial charge in [0.1, 0.15) is 16.5 Å². The molecule has 6 nitrogen and oxygen atoms in total. The second-order valence-corrected chi connectivity index (χ2v) is 12.4. The predicted octanol–water partition coefficient (Wildman–Crippen LogP) is 7.76. The Kier molecular flexibility index (Phi) is 7.61. The van der Waals surface area contributed by atoms with E-state index >= 15 is 0 Å². The Morgan fingerprint density at radius 2 is 1.33 bits per heavy atom. The normalized spacial score (nSPS) is 11.9.